The number of esters is 3. The largest absolute Gasteiger partial charge is 0.507 e. The van der Waals surface area contributed by atoms with Crippen molar-refractivity contribution in [2.24, 2.45) is 0 Å². The summed E-state index contributed by atoms with van der Waals surface area (Å²) in [6.45, 7) is 2.84. The van der Waals surface area contributed by atoms with Crippen molar-refractivity contribution in [3.05, 3.63) is 102 Å². The number of phenols is 1. The van der Waals surface area contributed by atoms with Crippen LogP contribution < -0.4 is 0 Å². The third-order valence-corrected chi connectivity index (χ3v) is 4.34. The van der Waals surface area contributed by atoms with Crippen LogP contribution in [0.15, 0.2) is 84.9 Å². The van der Waals surface area contributed by atoms with Gasteiger partial charge in [-0.15, -0.1) is 0 Å². The van der Waals surface area contributed by atoms with E-state index in [1.54, 1.807) is 67.6 Å². The van der Waals surface area contributed by atoms with E-state index in [-0.39, 0.29) is 49.7 Å². The second-order valence-corrected chi connectivity index (χ2v) is 6.85. The normalized spacial score (nSPS) is 9.86. The molecule has 0 aromatic heterocycles. The molecule has 0 spiro atoms. The van der Waals surface area contributed by atoms with Crippen LogP contribution in [0.25, 0.3) is 0 Å². The third-order valence-electron chi connectivity index (χ3n) is 4.34. The number of phenolic OH excluding ortho intramolecular Hbond substituents is 1. The average Bonchev–Trinajstić information content (AvgIpc) is 2.89. The van der Waals surface area contributed by atoms with Crippen LogP contribution in [0.2, 0.25) is 0 Å². The van der Waals surface area contributed by atoms with Crippen LogP contribution in [-0.2, 0) is 18.9 Å². The zero-order valence-electron chi connectivity index (χ0n) is 19.4. The van der Waals surface area contributed by atoms with Gasteiger partial charge in [0.2, 0.25) is 0 Å². The zero-order chi connectivity index (χ0) is 25.3. The lowest BCUT2D eigenvalue weighted by atomic mass is 10.2. The van der Waals surface area contributed by atoms with E-state index in [4.69, 9.17) is 18.9 Å². The van der Waals surface area contributed by atoms with Crippen molar-refractivity contribution in [1.82, 2.24) is 0 Å². The molecule has 0 aliphatic heterocycles. The maximum Gasteiger partial charge on any atom is 0.341 e. The van der Waals surface area contributed by atoms with Crippen LogP contribution in [0.5, 0.6) is 5.75 Å². The standard InChI is InChI=1S/C18H18O5.C9H10O3/c19-17(15-7-3-1-4-8-15)22-13-11-21-12-14-23-18(20)16-9-5-2-6-10-16;1-2-12-9(11)7-5-3-4-6-8(7)10/h1-10H,11-14H2;3-6,10H,2H2,1H3. The van der Waals surface area contributed by atoms with Crippen molar-refractivity contribution in [3.8, 4) is 5.75 Å². The molecule has 35 heavy (non-hydrogen) atoms. The van der Waals surface area contributed by atoms with Gasteiger partial charge in [0, 0.05) is 0 Å². The molecule has 8 nitrogen and oxygen atoms in total. The van der Waals surface area contributed by atoms with Gasteiger partial charge in [-0.1, -0.05) is 48.5 Å². The number of ether oxygens (including phenoxy) is 4. The molecule has 0 heterocycles. The highest BCUT2D eigenvalue weighted by atomic mass is 16.6. The second-order valence-electron chi connectivity index (χ2n) is 6.85. The fraction of sp³-hybridized carbons (Fsp3) is 0.222. The van der Waals surface area contributed by atoms with E-state index in [1.807, 2.05) is 12.1 Å². The van der Waals surface area contributed by atoms with Crippen LogP contribution in [0.3, 0.4) is 0 Å². The number of carbonyl (C=O) groups excluding carboxylic acids is 3. The van der Waals surface area contributed by atoms with Crippen LogP contribution in [-0.4, -0.2) is 56.0 Å². The molecule has 0 radical (unpaired) electrons. The molecule has 3 rings (SSSR count). The summed E-state index contributed by atoms with van der Waals surface area (Å²) in [6, 6.07) is 23.8. The quantitative estimate of drug-likeness (QED) is 0.260. The summed E-state index contributed by atoms with van der Waals surface area (Å²) >= 11 is 0. The molecule has 0 amide bonds. The molecule has 8 heteroatoms. The van der Waals surface area contributed by atoms with Crippen LogP contribution in [0, 0.1) is 0 Å². The van der Waals surface area contributed by atoms with Crippen molar-refractivity contribution >= 4 is 17.9 Å². The number of aromatic hydroxyl groups is 1. The lowest BCUT2D eigenvalue weighted by Gasteiger charge is -2.07. The maximum atomic E-state index is 11.6. The first kappa shape index (κ1) is 27.1. The highest BCUT2D eigenvalue weighted by molar-refractivity contribution is 5.92. The number of hydrogen-bond donors (Lipinski definition) is 1. The topological polar surface area (TPSA) is 108 Å². The minimum Gasteiger partial charge on any atom is -0.507 e. The average molecular weight is 481 g/mol. The molecule has 0 bridgehead atoms. The molecule has 0 fully saturated rings. The molecular formula is C27H28O8. The Bertz CT molecular complexity index is 996. The van der Waals surface area contributed by atoms with Gasteiger partial charge in [0.05, 0.1) is 30.9 Å². The molecule has 3 aromatic rings. The Morgan fingerprint density at radius 1 is 0.600 bits per heavy atom. The molecule has 184 valence electrons. The van der Waals surface area contributed by atoms with Gasteiger partial charge in [0.25, 0.3) is 0 Å². The summed E-state index contributed by atoms with van der Waals surface area (Å²) in [7, 11) is 0. The summed E-state index contributed by atoms with van der Waals surface area (Å²) in [6.07, 6.45) is 0. The molecule has 0 atom stereocenters. The van der Waals surface area contributed by atoms with E-state index < -0.39 is 5.97 Å². The van der Waals surface area contributed by atoms with Gasteiger partial charge < -0.3 is 24.1 Å². The molecular weight excluding hydrogens is 452 g/mol. The van der Waals surface area contributed by atoms with Crippen molar-refractivity contribution < 1.29 is 38.4 Å². The number of rotatable bonds is 10. The van der Waals surface area contributed by atoms with E-state index in [1.165, 1.54) is 12.1 Å². The fourth-order valence-corrected chi connectivity index (χ4v) is 2.66. The number of para-hydroxylation sites is 1. The lowest BCUT2D eigenvalue weighted by molar-refractivity contribution is 0.0151. The first-order chi connectivity index (χ1) is 17.0. The molecule has 0 aliphatic carbocycles. The molecule has 0 saturated carbocycles. The Hall–Kier alpha value is -4.17. The smallest absolute Gasteiger partial charge is 0.341 e. The van der Waals surface area contributed by atoms with Crippen molar-refractivity contribution in [2.45, 2.75) is 6.92 Å². The number of carbonyl (C=O) groups is 3. The molecule has 0 aliphatic rings. The maximum absolute atomic E-state index is 11.6. The van der Waals surface area contributed by atoms with Gasteiger partial charge in [0.15, 0.2) is 0 Å². The first-order valence-electron chi connectivity index (χ1n) is 11.0. The van der Waals surface area contributed by atoms with Crippen LogP contribution in [0.1, 0.15) is 38.0 Å². The van der Waals surface area contributed by atoms with Gasteiger partial charge in [-0.2, -0.15) is 0 Å². The predicted octanol–water partition coefficient (Wildman–Crippen LogP) is 4.29. The van der Waals surface area contributed by atoms with Gasteiger partial charge in [0.1, 0.15) is 24.5 Å². The van der Waals surface area contributed by atoms with Crippen LogP contribution in [0.4, 0.5) is 0 Å². The van der Waals surface area contributed by atoms with Crippen molar-refractivity contribution in [3.63, 3.8) is 0 Å². The van der Waals surface area contributed by atoms with E-state index in [0.717, 1.165) is 0 Å². The lowest BCUT2D eigenvalue weighted by Crippen LogP contribution is -2.14. The van der Waals surface area contributed by atoms with Gasteiger partial charge >= 0.3 is 17.9 Å². The highest BCUT2D eigenvalue weighted by Gasteiger charge is 2.10. The fourth-order valence-electron chi connectivity index (χ4n) is 2.66. The third kappa shape index (κ3) is 10.1. The second kappa shape index (κ2) is 15.6. The predicted molar refractivity (Wildman–Crippen MR) is 128 cm³/mol. The van der Waals surface area contributed by atoms with E-state index in [0.29, 0.717) is 17.7 Å². The monoisotopic (exact) mass is 480 g/mol. The Kier molecular flexibility index (Phi) is 12.1. The Labute approximate surface area is 204 Å². The minimum absolute atomic E-state index is 0.0454. The molecule has 3 aromatic carbocycles. The highest BCUT2D eigenvalue weighted by Crippen LogP contribution is 2.16. The van der Waals surface area contributed by atoms with E-state index >= 15 is 0 Å². The van der Waals surface area contributed by atoms with Crippen LogP contribution >= 0.6 is 0 Å². The van der Waals surface area contributed by atoms with Gasteiger partial charge in [-0.3, -0.25) is 0 Å². The Balaban J connectivity index is 0.000000303. The summed E-state index contributed by atoms with van der Waals surface area (Å²) in [5.74, 6) is -1.30. The van der Waals surface area contributed by atoms with E-state index in [2.05, 4.69) is 0 Å². The van der Waals surface area contributed by atoms with Gasteiger partial charge in [-0.25, -0.2) is 14.4 Å². The summed E-state index contributed by atoms with van der Waals surface area (Å²) in [5.41, 5.74) is 1.22. The van der Waals surface area contributed by atoms with Crippen molar-refractivity contribution in [2.75, 3.05) is 33.0 Å². The van der Waals surface area contributed by atoms with Gasteiger partial charge in [-0.05, 0) is 43.3 Å². The molecule has 0 unspecified atom stereocenters. The Morgan fingerprint density at radius 3 is 1.51 bits per heavy atom. The number of benzene rings is 3. The summed E-state index contributed by atoms with van der Waals surface area (Å²) in [4.78, 5) is 34.3. The number of hydrogen-bond acceptors (Lipinski definition) is 8. The molecule has 0 saturated heterocycles. The summed E-state index contributed by atoms with van der Waals surface area (Å²) < 4.78 is 20.1. The molecule has 1 N–H and O–H groups in total. The first-order valence-corrected chi connectivity index (χ1v) is 11.0. The Morgan fingerprint density at radius 2 is 1.06 bits per heavy atom. The summed E-state index contributed by atoms with van der Waals surface area (Å²) in [5, 5.41) is 9.21. The van der Waals surface area contributed by atoms with E-state index in [9.17, 15) is 19.5 Å². The zero-order valence-corrected chi connectivity index (χ0v) is 19.4. The SMILES string of the molecule is CCOC(=O)c1ccccc1O.O=C(OCCOCCOC(=O)c1ccccc1)c1ccccc1. The minimum atomic E-state index is -0.490. The van der Waals surface area contributed by atoms with Crippen molar-refractivity contribution in [1.29, 1.82) is 0 Å².